The average molecular weight is 222 g/mol. The third kappa shape index (κ3) is 3.38. The molecule has 11 nitrogen and oxygen atoms in total. The largest absolute Gasteiger partial charge is 0.369 e. The molecule has 82 valence electrons. The Morgan fingerprint density at radius 3 is 2.81 bits per heavy atom. The number of anilines is 1. The third-order valence-electron chi connectivity index (χ3n) is 1.12. The molecule has 0 aliphatic carbocycles. The lowest BCUT2D eigenvalue weighted by atomic mass is 10.8. The predicted octanol–water partition coefficient (Wildman–Crippen LogP) is -2.23. The van der Waals surface area contributed by atoms with Crippen molar-refractivity contribution in [1.29, 1.82) is 5.26 Å². The number of hydrogen-bond acceptors (Lipinski definition) is 7. The summed E-state index contributed by atoms with van der Waals surface area (Å²) in [7, 11) is 0. The number of amides is 2. The molecule has 1 aromatic heterocycles. The van der Waals surface area contributed by atoms with Crippen molar-refractivity contribution in [3.8, 4) is 6.19 Å². The maximum atomic E-state index is 10.5. The van der Waals surface area contributed by atoms with Crippen LogP contribution in [0.5, 0.6) is 0 Å². The first kappa shape index (κ1) is 11.0. The number of nitrogens with one attached hydrogen (secondary N) is 2. The van der Waals surface area contributed by atoms with Gasteiger partial charge in [0.2, 0.25) is 5.96 Å². The van der Waals surface area contributed by atoms with Gasteiger partial charge >= 0.3 is 6.03 Å². The molecule has 1 rings (SSSR count). The van der Waals surface area contributed by atoms with E-state index < -0.39 is 6.03 Å². The molecule has 0 atom stereocenters. The zero-order valence-electron chi connectivity index (χ0n) is 7.75. The molecule has 0 spiro atoms. The molecule has 16 heavy (non-hydrogen) atoms. The van der Waals surface area contributed by atoms with Crippen LogP contribution in [-0.4, -0.2) is 32.4 Å². The first-order valence-electron chi connectivity index (χ1n) is 3.75. The van der Waals surface area contributed by atoms with E-state index in [9.17, 15) is 4.79 Å². The molecule has 6 N–H and O–H groups in total. The van der Waals surface area contributed by atoms with Crippen LogP contribution in [0, 0.1) is 11.5 Å². The predicted molar refractivity (Wildman–Crippen MR) is 50.9 cm³/mol. The van der Waals surface area contributed by atoms with Crippen LogP contribution < -0.4 is 22.1 Å². The fourth-order valence-electron chi connectivity index (χ4n) is 0.648. The summed E-state index contributed by atoms with van der Waals surface area (Å²) in [6, 6.07) is -0.856. The maximum Gasteiger partial charge on any atom is 0.319 e. The Hall–Kier alpha value is -3.03. The zero-order valence-corrected chi connectivity index (χ0v) is 7.75. The Morgan fingerprint density at radius 1 is 1.44 bits per heavy atom. The van der Waals surface area contributed by atoms with Gasteiger partial charge in [-0.1, -0.05) is 10.2 Å². The lowest BCUT2D eigenvalue weighted by Crippen LogP contribution is -2.27. The molecule has 0 saturated carbocycles. The van der Waals surface area contributed by atoms with Gasteiger partial charge in [0.05, 0.1) is 0 Å². The van der Waals surface area contributed by atoms with Crippen molar-refractivity contribution in [2.45, 2.75) is 0 Å². The number of nitrogens with two attached hydrogens (primary N) is 2. The van der Waals surface area contributed by atoms with Crippen LogP contribution in [0.3, 0.4) is 0 Å². The Bertz CT molecular complexity index is 461. The van der Waals surface area contributed by atoms with Crippen molar-refractivity contribution >= 4 is 23.9 Å². The van der Waals surface area contributed by atoms with Crippen LogP contribution in [0.4, 0.5) is 16.7 Å². The van der Waals surface area contributed by atoms with Crippen LogP contribution in [0.2, 0.25) is 0 Å². The van der Waals surface area contributed by atoms with E-state index >= 15 is 0 Å². The number of nitriles is 1. The van der Waals surface area contributed by atoms with Gasteiger partial charge in [-0.2, -0.15) is 15.2 Å². The number of hydrogen-bond donors (Lipinski definition) is 4. The molecule has 0 aliphatic heterocycles. The van der Waals surface area contributed by atoms with E-state index in [0.29, 0.717) is 0 Å². The Morgan fingerprint density at radius 2 is 2.19 bits per heavy atom. The van der Waals surface area contributed by atoms with Crippen molar-refractivity contribution in [1.82, 2.24) is 25.7 Å². The van der Waals surface area contributed by atoms with E-state index in [1.807, 2.05) is 5.32 Å². The Balaban J connectivity index is 2.87. The molecule has 0 aromatic carbocycles. The van der Waals surface area contributed by atoms with Crippen molar-refractivity contribution in [3.05, 3.63) is 0 Å². The second-order valence-electron chi connectivity index (χ2n) is 2.25. The number of carbonyl (C=O) groups is 1. The van der Waals surface area contributed by atoms with Crippen LogP contribution in [0.25, 0.3) is 0 Å². The Labute approximate surface area is 88.6 Å². The number of carbonyl (C=O) groups excluding carboxylic acids is 1. The standard InChI is InChI=1S/C5H6N10O/c6-1-9-2(7)10-4-12-5(11-3(8)16)14-15-13-4/h(H6,7,8,9,10,11,12,13,14,16). The number of primary amides is 1. The maximum absolute atomic E-state index is 10.5. The number of guanidine groups is 1. The fraction of sp³-hybridized carbons (Fsp3) is 0. The molecule has 0 bridgehead atoms. The molecule has 11 heteroatoms. The lowest BCUT2D eigenvalue weighted by Gasteiger charge is -1.98. The van der Waals surface area contributed by atoms with E-state index in [1.54, 1.807) is 6.19 Å². The molecule has 0 radical (unpaired) electrons. The zero-order chi connectivity index (χ0) is 12.0. The smallest absolute Gasteiger partial charge is 0.319 e. The molecular weight excluding hydrogens is 216 g/mol. The second kappa shape index (κ2) is 5.00. The van der Waals surface area contributed by atoms with Gasteiger partial charge < -0.3 is 11.5 Å². The molecule has 0 aliphatic rings. The first-order chi connectivity index (χ1) is 7.61. The highest BCUT2D eigenvalue weighted by atomic mass is 16.2. The summed E-state index contributed by atoms with van der Waals surface area (Å²) in [5, 5.41) is 22.3. The van der Waals surface area contributed by atoms with Gasteiger partial charge in [0.25, 0.3) is 11.9 Å². The topological polar surface area (TPSA) is 181 Å². The summed E-state index contributed by atoms with van der Waals surface area (Å²) in [5.41, 5.74) is 10.1. The Kier molecular flexibility index (Phi) is 3.45. The number of aromatic nitrogens is 4. The second-order valence-corrected chi connectivity index (χ2v) is 2.25. The number of nitrogens with zero attached hydrogens (tertiary/aromatic N) is 6. The fourth-order valence-corrected chi connectivity index (χ4v) is 0.648. The quantitative estimate of drug-likeness (QED) is 0.187. The van der Waals surface area contributed by atoms with Crippen LogP contribution in [0.15, 0.2) is 4.99 Å². The van der Waals surface area contributed by atoms with Gasteiger partial charge in [-0.05, 0) is 5.21 Å². The highest BCUT2D eigenvalue weighted by Gasteiger charge is 2.03. The summed E-state index contributed by atoms with van der Waals surface area (Å²) < 4.78 is 0. The minimum atomic E-state index is -0.856. The third-order valence-corrected chi connectivity index (χ3v) is 1.12. The monoisotopic (exact) mass is 222 g/mol. The molecular formula is C5H6N10O. The minimum Gasteiger partial charge on any atom is -0.369 e. The van der Waals surface area contributed by atoms with E-state index in [0.717, 1.165) is 0 Å². The number of rotatable bonds is 2. The number of urea groups is 1. The van der Waals surface area contributed by atoms with Gasteiger partial charge in [0, 0.05) is 0 Å². The van der Waals surface area contributed by atoms with Crippen molar-refractivity contribution in [2.24, 2.45) is 16.5 Å². The highest BCUT2D eigenvalue weighted by Crippen LogP contribution is 2.02. The SMILES string of the molecule is N#CN/C(N)=N/c1nnnc(NC(N)=O)n1. The summed E-state index contributed by atoms with van der Waals surface area (Å²) in [6.45, 7) is 0. The lowest BCUT2D eigenvalue weighted by molar-refractivity contribution is 0.259. The summed E-state index contributed by atoms with van der Waals surface area (Å²) in [5.74, 6) is -0.578. The van der Waals surface area contributed by atoms with Gasteiger partial charge in [-0.3, -0.25) is 10.6 Å². The molecule has 1 aromatic rings. The molecule has 1 heterocycles. The summed E-state index contributed by atoms with van der Waals surface area (Å²) >= 11 is 0. The average Bonchev–Trinajstić information content (AvgIpc) is 2.17. The molecule has 0 unspecified atom stereocenters. The van der Waals surface area contributed by atoms with Crippen LogP contribution in [0.1, 0.15) is 0 Å². The van der Waals surface area contributed by atoms with Crippen LogP contribution in [-0.2, 0) is 0 Å². The van der Waals surface area contributed by atoms with Gasteiger partial charge in [-0.25, -0.2) is 4.79 Å². The summed E-state index contributed by atoms with van der Waals surface area (Å²) in [4.78, 5) is 17.7. The molecule has 2 amide bonds. The van der Waals surface area contributed by atoms with Crippen molar-refractivity contribution in [3.63, 3.8) is 0 Å². The van der Waals surface area contributed by atoms with E-state index in [4.69, 9.17) is 16.7 Å². The van der Waals surface area contributed by atoms with Gasteiger partial charge in [0.15, 0.2) is 6.19 Å². The number of aliphatic imine (C=N–C) groups is 1. The van der Waals surface area contributed by atoms with E-state index in [2.05, 4.69) is 30.7 Å². The van der Waals surface area contributed by atoms with Gasteiger partial charge in [0.1, 0.15) is 0 Å². The molecule has 0 fully saturated rings. The molecule has 0 saturated heterocycles. The minimum absolute atomic E-state index is 0.175. The van der Waals surface area contributed by atoms with E-state index in [1.165, 1.54) is 0 Å². The highest BCUT2D eigenvalue weighted by molar-refractivity contribution is 5.85. The normalized spacial score (nSPS) is 10.3. The van der Waals surface area contributed by atoms with E-state index in [-0.39, 0.29) is 17.9 Å². The van der Waals surface area contributed by atoms with Gasteiger partial charge in [-0.15, -0.1) is 0 Å². The van der Waals surface area contributed by atoms with Crippen molar-refractivity contribution < 1.29 is 4.79 Å². The summed E-state index contributed by atoms with van der Waals surface area (Å²) in [6.07, 6.45) is 1.55. The van der Waals surface area contributed by atoms with Crippen molar-refractivity contribution in [2.75, 3.05) is 5.32 Å². The first-order valence-corrected chi connectivity index (χ1v) is 3.75. The van der Waals surface area contributed by atoms with Crippen LogP contribution >= 0.6 is 0 Å².